The Hall–Kier alpha value is -2.17. The lowest BCUT2D eigenvalue weighted by Crippen LogP contribution is -2.44. The van der Waals surface area contributed by atoms with E-state index >= 15 is 0 Å². The van der Waals surface area contributed by atoms with E-state index in [1.807, 2.05) is 12.1 Å². The van der Waals surface area contributed by atoms with Gasteiger partial charge >= 0.3 is 0 Å². The summed E-state index contributed by atoms with van der Waals surface area (Å²) in [5, 5.41) is 11.5. The number of carbonyl (C=O) groups excluding carboxylic acids is 1. The van der Waals surface area contributed by atoms with E-state index in [1.165, 1.54) is 50.8 Å². The van der Waals surface area contributed by atoms with Crippen molar-refractivity contribution in [2.45, 2.75) is 76.9 Å². The Labute approximate surface area is 209 Å². The van der Waals surface area contributed by atoms with Crippen molar-refractivity contribution in [3.05, 3.63) is 70.3 Å². The van der Waals surface area contributed by atoms with Crippen molar-refractivity contribution in [1.82, 2.24) is 4.90 Å². The maximum absolute atomic E-state index is 11.6. The zero-order chi connectivity index (χ0) is 24.2. The first kappa shape index (κ1) is 23.2. The van der Waals surface area contributed by atoms with E-state index in [-0.39, 0.29) is 23.3 Å². The summed E-state index contributed by atoms with van der Waals surface area (Å²) >= 11 is 0. The number of benzene rings is 2. The fraction of sp³-hybridized carbons (Fsp3) is 0.581. The summed E-state index contributed by atoms with van der Waals surface area (Å²) < 4.78 is 0. The molecule has 1 saturated heterocycles. The van der Waals surface area contributed by atoms with E-state index in [0.717, 1.165) is 31.4 Å². The second kappa shape index (κ2) is 9.05. The molecule has 3 fully saturated rings. The van der Waals surface area contributed by atoms with Crippen molar-refractivity contribution in [1.29, 1.82) is 0 Å². The molecule has 2 aromatic carbocycles. The number of aliphatic hydroxyl groups is 1. The molecule has 186 valence electrons. The zero-order valence-electron chi connectivity index (χ0n) is 21.1. The molecular formula is C31H40N2O2. The van der Waals surface area contributed by atoms with Gasteiger partial charge in [-0.2, -0.15) is 0 Å². The van der Waals surface area contributed by atoms with Gasteiger partial charge in [-0.05, 0) is 128 Å². The second-order valence-corrected chi connectivity index (χ2v) is 12.2. The Kier molecular flexibility index (Phi) is 6.01. The van der Waals surface area contributed by atoms with E-state index in [4.69, 9.17) is 5.73 Å². The average Bonchev–Trinajstić information content (AvgIpc) is 3.45. The smallest absolute Gasteiger partial charge is 0.248 e. The largest absolute Gasteiger partial charge is 0.392 e. The van der Waals surface area contributed by atoms with Crippen molar-refractivity contribution < 1.29 is 9.90 Å². The molecule has 0 spiro atoms. The number of carbonyl (C=O) groups is 1. The molecule has 1 aliphatic heterocycles. The van der Waals surface area contributed by atoms with Gasteiger partial charge in [0, 0.05) is 12.1 Å². The molecule has 6 rings (SSSR count). The number of hydrogen-bond acceptors (Lipinski definition) is 3. The fourth-order valence-corrected chi connectivity index (χ4v) is 8.43. The van der Waals surface area contributed by atoms with Crippen molar-refractivity contribution in [2.24, 2.45) is 28.9 Å². The zero-order valence-corrected chi connectivity index (χ0v) is 21.1. The summed E-state index contributed by atoms with van der Waals surface area (Å²) in [4.78, 5) is 14.2. The van der Waals surface area contributed by atoms with Crippen molar-refractivity contribution >= 4 is 5.91 Å². The number of rotatable bonds is 5. The molecule has 4 nitrogen and oxygen atoms in total. The Balaban J connectivity index is 1.20. The Bertz CT molecular complexity index is 1110. The number of fused-ring (bicyclic) bond motifs is 5. The van der Waals surface area contributed by atoms with E-state index in [0.29, 0.717) is 23.3 Å². The van der Waals surface area contributed by atoms with Gasteiger partial charge in [-0.1, -0.05) is 37.3 Å². The predicted molar refractivity (Wildman–Crippen MR) is 139 cm³/mol. The molecule has 0 unspecified atom stereocenters. The standard InChI is InChI=1S/C31H40N2O2/c1-31-12-11-26-25-9-7-21(19-33-13-2-3-14-33)17-22(25)8-10-27(26)28(31)18-24(29(31)34)16-20-5-4-6-23(15-20)30(32)35/h4-7,9,15,17,24,26-29,34H,2-3,8,10-14,16,18-19H2,1H3,(H2,32,35)/t24-,26+,27+,28-,29-,31-/m0/s1. The Morgan fingerprint density at radius 3 is 2.74 bits per heavy atom. The number of nitrogens with zero attached hydrogens (tertiary/aromatic N) is 1. The second-order valence-electron chi connectivity index (χ2n) is 12.2. The molecule has 0 bridgehead atoms. The van der Waals surface area contributed by atoms with E-state index in [9.17, 15) is 9.90 Å². The third kappa shape index (κ3) is 4.13. The Morgan fingerprint density at radius 2 is 1.94 bits per heavy atom. The summed E-state index contributed by atoms with van der Waals surface area (Å²) in [6, 6.07) is 15.0. The van der Waals surface area contributed by atoms with Crippen LogP contribution in [0.3, 0.4) is 0 Å². The lowest BCUT2D eigenvalue weighted by atomic mass is 9.55. The van der Waals surface area contributed by atoms with Crippen LogP contribution in [0.4, 0.5) is 0 Å². The highest BCUT2D eigenvalue weighted by Crippen LogP contribution is 2.62. The molecule has 6 atom stereocenters. The molecule has 3 aliphatic carbocycles. The van der Waals surface area contributed by atoms with Gasteiger partial charge in [0.1, 0.15) is 0 Å². The summed E-state index contributed by atoms with van der Waals surface area (Å²) in [6.45, 7) is 5.96. The summed E-state index contributed by atoms with van der Waals surface area (Å²) in [5.74, 6) is 1.74. The van der Waals surface area contributed by atoms with Gasteiger partial charge in [-0.3, -0.25) is 9.69 Å². The van der Waals surface area contributed by atoms with Crippen LogP contribution < -0.4 is 5.73 Å². The van der Waals surface area contributed by atoms with Crippen LogP contribution in [0.25, 0.3) is 0 Å². The SMILES string of the molecule is C[C@]12CC[C@@H]3c4ccc(CN5CCCC5)cc4CC[C@H]3[C@@H]1C[C@H](Cc1cccc(C(N)=O)c1)[C@@H]2O. The highest BCUT2D eigenvalue weighted by atomic mass is 16.3. The van der Waals surface area contributed by atoms with E-state index < -0.39 is 0 Å². The van der Waals surface area contributed by atoms with E-state index in [2.05, 4.69) is 36.1 Å². The van der Waals surface area contributed by atoms with Gasteiger partial charge < -0.3 is 10.8 Å². The first-order chi connectivity index (χ1) is 16.9. The molecule has 4 aliphatic rings. The van der Waals surface area contributed by atoms with Gasteiger partial charge in [0.25, 0.3) is 0 Å². The third-order valence-electron chi connectivity index (χ3n) is 10.2. The lowest BCUT2D eigenvalue weighted by molar-refractivity contribution is -0.0325. The quantitative estimate of drug-likeness (QED) is 0.639. The average molecular weight is 473 g/mol. The Morgan fingerprint density at radius 1 is 1.11 bits per heavy atom. The molecule has 35 heavy (non-hydrogen) atoms. The summed E-state index contributed by atoms with van der Waals surface area (Å²) in [5.41, 5.74) is 11.9. The lowest BCUT2D eigenvalue weighted by Gasteiger charge is -2.50. The molecule has 1 amide bonds. The number of aryl methyl sites for hydroxylation is 1. The molecule has 4 heteroatoms. The fourth-order valence-electron chi connectivity index (χ4n) is 8.43. The van der Waals surface area contributed by atoms with Crippen LogP contribution in [-0.2, 0) is 19.4 Å². The minimum atomic E-state index is -0.383. The van der Waals surface area contributed by atoms with Crippen LogP contribution in [-0.4, -0.2) is 35.1 Å². The number of aliphatic hydroxyl groups excluding tert-OH is 1. The molecule has 0 aromatic heterocycles. The normalized spacial score (nSPS) is 34.3. The first-order valence-electron chi connectivity index (χ1n) is 13.8. The molecule has 0 radical (unpaired) electrons. The maximum atomic E-state index is 11.6. The number of nitrogens with two attached hydrogens (primary N) is 1. The third-order valence-corrected chi connectivity index (χ3v) is 10.2. The van der Waals surface area contributed by atoms with Gasteiger partial charge in [0.15, 0.2) is 0 Å². The molecule has 1 heterocycles. The van der Waals surface area contributed by atoms with Gasteiger partial charge in [-0.15, -0.1) is 0 Å². The summed E-state index contributed by atoms with van der Waals surface area (Å²) in [6.07, 6.45) is 9.04. The van der Waals surface area contributed by atoms with Crippen molar-refractivity contribution in [3.8, 4) is 0 Å². The molecule has 2 aromatic rings. The monoisotopic (exact) mass is 472 g/mol. The highest BCUT2D eigenvalue weighted by Gasteiger charge is 2.57. The molecular weight excluding hydrogens is 432 g/mol. The first-order valence-corrected chi connectivity index (χ1v) is 13.8. The minimum Gasteiger partial charge on any atom is -0.392 e. The van der Waals surface area contributed by atoms with Crippen molar-refractivity contribution in [3.63, 3.8) is 0 Å². The van der Waals surface area contributed by atoms with Gasteiger partial charge in [0.05, 0.1) is 6.10 Å². The minimum absolute atomic E-state index is 0.000325. The van der Waals surface area contributed by atoms with Crippen LogP contribution >= 0.6 is 0 Å². The van der Waals surface area contributed by atoms with Crippen LogP contribution in [0.2, 0.25) is 0 Å². The van der Waals surface area contributed by atoms with Crippen LogP contribution in [0, 0.1) is 23.2 Å². The number of amides is 1. The number of likely N-dealkylation sites (tertiary alicyclic amines) is 1. The van der Waals surface area contributed by atoms with Crippen molar-refractivity contribution in [2.75, 3.05) is 13.1 Å². The number of primary amides is 1. The molecule has 2 saturated carbocycles. The summed E-state index contributed by atoms with van der Waals surface area (Å²) in [7, 11) is 0. The van der Waals surface area contributed by atoms with Crippen LogP contribution in [0.15, 0.2) is 42.5 Å². The topological polar surface area (TPSA) is 66.6 Å². The maximum Gasteiger partial charge on any atom is 0.248 e. The van der Waals surface area contributed by atoms with Gasteiger partial charge in [0.2, 0.25) is 5.91 Å². The van der Waals surface area contributed by atoms with Crippen LogP contribution in [0.5, 0.6) is 0 Å². The molecule has 3 N–H and O–H groups in total. The van der Waals surface area contributed by atoms with Crippen LogP contribution in [0.1, 0.15) is 84.0 Å². The van der Waals surface area contributed by atoms with E-state index in [1.54, 1.807) is 17.2 Å². The number of hydrogen-bond donors (Lipinski definition) is 2. The highest BCUT2D eigenvalue weighted by molar-refractivity contribution is 5.92. The van der Waals surface area contributed by atoms with Gasteiger partial charge in [-0.25, -0.2) is 0 Å². The predicted octanol–water partition coefficient (Wildman–Crippen LogP) is 5.07.